The fourth-order valence-electron chi connectivity index (χ4n) is 3.01. The highest BCUT2D eigenvalue weighted by molar-refractivity contribution is 5.87. The smallest absolute Gasteiger partial charge is 0.407 e. The maximum Gasteiger partial charge on any atom is 0.407 e. The molecule has 0 radical (unpaired) electrons. The predicted octanol–water partition coefficient (Wildman–Crippen LogP) is 1.29. The number of carbonyl (C=O) groups is 5. The van der Waals surface area contributed by atoms with E-state index in [2.05, 4.69) is 5.32 Å². The number of ether oxygens (including phenoxy) is 4. The highest BCUT2D eigenvalue weighted by Crippen LogP contribution is 2.28. The maximum atomic E-state index is 12.6. The van der Waals surface area contributed by atoms with Gasteiger partial charge in [-0.1, -0.05) is 0 Å². The van der Waals surface area contributed by atoms with Gasteiger partial charge in [0, 0.05) is 33.2 Å². The molecule has 0 unspecified atom stereocenters. The number of carbonyl (C=O) groups excluding carboxylic acids is 5. The first-order valence-electron chi connectivity index (χ1n) is 9.30. The molecule has 29 heavy (non-hydrogen) atoms. The molecule has 0 aromatic carbocycles. The molecule has 1 saturated carbocycles. The normalized spacial score (nSPS) is 24.7. The highest BCUT2D eigenvalue weighted by Gasteiger charge is 2.46. The van der Waals surface area contributed by atoms with E-state index in [0.717, 1.165) is 13.8 Å². The lowest BCUT2D eigenvalue weighted by molar-refractivity contribution is -0.176. The largest absolute Gasteiger partial charge is 0.465 e. The molecule has 0 aliphatic heterocycles. The van der Waals surface area contributed by atoms with E-state index in [-0.39, 0.29) is 19.4 Å². The topological polar surface area (TPSA) is 134 Å². The molecule has 0 heterocycles. The Kier molecular flexibility index (Phi) is 8.59. The Balaban J connectivity index is 3.25. The van der Waals surface area contributed by atoms with Gasteiger partial charge in [-0.25, -0.2) is 4.79 Å². The minimum atomic E-state index is -1.37. The van der Waals surface area contributed by atoms with Crippen LogP contribution in [0, 0.1) is 5.92 Å². The Labute approximate surface area is 169 Å². The van der Waals surface area contributed by atoms with E-state index in [0.29, 0.717) is 0 Å². The van der Waals surface area contributed by atoms with Gasteiger partial charge in [0.05, 0.1) is 12.5 Å². The zero-order valence-corrected chi connectivity index (χ0v) is 17.6. The lowest BCUT2D eigenvalue weighted by Gasteiger charge is -2.33. The van der Waals surface area contributed by atoms with Gasteiger partial charge in [0.2, 0.25) is 0 Å². The average molecular weight is 415 g/mol. The van der Waals surface area contributed by atoms with Crippen LogP contribution in [0.2, 0.25) is 0 Å². The van der Waals surface area contributed by atoms with Crippen molar-refractivity contribution >= 4 is 29.8 Å². The Bertz CT molecular complexity index is 653. The van der Waals surface area contributed by atoms with Crippen LogP contribution in [0.3, 0.4) is 0 Å². The number of amides is 1. The SMILES string of the molecule is CC(=O)OC[C@H]1[C@H](OC(C)=O)[C@H](OC(C)=O)C(=O)CC[C@H]1NC(=O)OC(C)(C)C. The summed E-state index contributed by atoms with van der Waals surface area (Å²) in [5.74, 6) is -3.35. The van der Waals surface area contributed by atoms with Gasteiger partial charge >= 0.3 is 24.0 Å². The van der Waals surface area contributed by atoms with Crippen molar-refractivity contribution in [2.75, 3.05) is 6.61 Å². The van der Waals surface area contributed by atoms with Gasteiger partial charge in [-0.2, -0.15) is 0 Å². The summed E-state index contributed by atoms with van der Waals surface area (Å²) in [6.45, 7) is 8.27. The molecule has 164 valence electrons. The molecule has 0 saturated heterocycles. The highest BCUT2D eigenvalue weighted by atomic mass is 16.6. The van der Waals surface area contributed by atoms with E-state index in [1.165, 1.54) is 6.92 Å². The molecule has 0 aromatic heterocycles. The van der Waals surface area contributed by atoms with Crippen LogP contribution >= 0.6 is 0 Å². The fourth-order valence-corrected chi connectivity index (χ4v) is 3.01. The zero-order valence-electron chi connectivity index (χ0n) is 17.6. The Morgan fingerprint density at radius 2 is 1.59 bits per heavy atom. The van der Waals surface area contributed by atoms with Crippen molar-refractivity contribution in [2.24, 2.45) is 5.92 Å². The summed E-state index contributed by atoms with van der Waals surface area (Å²) in [6, 6.07) is -0.738. The molecule has 1 fully saturated rings. The molecule has 1 amide bonds. The number of ketones is 1. The summed E-state index contributed by atoms with van der Waals surface area (Å²) in [5, 5.41) is 2.65. The van der Waals surface area contributed by atoms with E-state index >= 15 is 0 Å². The Hall–Kier alpha value is -2.65. The van der Waals surface area contributed by atoms with E-state index in [1.807, 2.05) is 0 Å². The van der Waals surface area contributed by atoms with E-state index in [4.69, 9.17) is 18.9 Å². The van der Waals surface area contributed by atoms with E-state index in [9.17, 15) is 24.0 Å². The number of nitrogens with one attached hydrogen (secondary N) is 1. The molecule has 1 rings (SSSR count). The third-order valence-corrected chi connectivity index (χ3v) is 4.03. The second-order valence-corrected chi connectivity index (χ2v) is 7.83. The van der Waals surface area contributed by atoms with Crippen LogP contribution in [-0.4, -0.2) is 60.2 Å². The molecular formula is C19H29NO9. The second kappa shape index (κ2) is 10.2. The van der Waals surface area contributed by atoms with Crippen molar-refractivity contribution in [2.45, 2.75) is 78.2 Å². The van der Waals surface area contributed by atoms with Gasteiger partial charge in [0.25, 0.3) is 0 Å². The van der Waals surface area contributed by atoms with Crippen molar-refractivity contribution in [3.05, 3.63) is 0 Å². The van der Waals surface area contributed by atoms with Crippen molar-refractivity contribution < 1.29 is 42.9 Å². The van der Waals surface area contributed by atoms with Gasteiger partial charge in [-0.3, -0.25) is 19.2 Å². The van der Waals surface area contributed by atoms with Crippen LogP contribution in [0.15, 0.2) is 0 Å². The number of Topliss-reactive ketones (excluding diaryl/α,β-unsaturated/α-hetero) is 1. The van der Waals surface area contributed by atoms with Gasteiger partial charge in [0.1, 0.15) is 5.60 Å². The summed E-state index contributed by atoms with van der Waals surface area (Å²) >= 11 is 0. The molecule has 0 bridgehead atoms. The molecule has 10 heteroatoms. The number of rotatable bonds is 5. The van der Waals surface area contributed by atoms with E-state index in [1.54, 1.807) is 20.8 Å². The monoisotopic (exact) mass is 415 g/mol. The number of esters is 3. The van der Waals surface area contributed by atoms with Crippen LogP contribution in [0.5, 0.6) is 0 Å². The summed E-state index contributed by atoms with van der Waals surface area (Å²) in [4.78, 5) is 59.4. The standard InChI is InChI=1S/C19H29NO9/c1-10(21)26-9-13-14(20-18(25)29-19(4,5)6)7-8-15(24)17(28-12(3)23)16(13)27-11(2)22/h13-14,16-17H,7-9H2,1-6H3,(H,20,25)/t13-,14-,16+,17-/m1/s1. The third kappa shape index (κ3) is 8.49. The first-order valence-corrected chi connectivity index (χ1v) is 9.30. The number of hydrogen-bond donors (Lipinski definition) is 1. The lowest BCUT2D eigenvalue weighted by atomic mass is 9.91. The average Bonchev–Trinajstić information content (AvgIpc) is 2.63. The van der Waals surface area contributed by atoms with Crippen LogP contribution < -0.4 is 5.32 Å². The summed E-state index contributed by atoms with van der Waals surface area (Å²) in [7, 11) is 0. The third-order valence-electron chi connectivity index (χ3n) is 4.03. The minimum Gasteiger partial charge on any atom is -0.465 e. The second-order valence-electron chi connectivity index (χ2n) is 7.83. The first-order chi connectivity index (χ1) is 13.3. The molecule has 1 aliphatic carbocycles. The van der Waals surface area contributed by atoms with E-state index < -0.39 is 59.6 Å². The molecule has 0 aromatic rings. The lowest BCUT2D eigenvalue weighted by Crippen LogP contribution is -2.52. The van der Waals surface area contributed by atoms with Crippen LogP contribution in [0.25, 0.3) is 0 Å². The van der Waals surface area contributed by atoms with Crippen LogP contribution in [0.1, 0.15) is 54.4 Å². The van der Waals surface area contributed by atoms with Gasteiger partial charge in [-0.05, 0) is 27.2 Å². The molecule has 10 nitrogen and oxygen atoms in total. The van der Waals surface area contributed by atoms with Crippen LogP contribution in [0.4, 0.5) is 4.79 Å². The van der Waals surface area contributed by atoms with Crippen molar-refractivity contribution in [3.63, 3.8) is 0 Å². The van der Waals surface area contributed by atoms with Gasteiger partial charge in [0.15, 0.2) is 18.0 Å². The maximum absolute atomic E-state index is 12.6. The quantitative estimate of drug-likeness (QED) is 0.400. The van der Waals surface area contributed by atoms with Crippen molar-refractivity contribution in [3.8, 4) is 0 Å². The minimum absolute atomic E-state index is 0.0489. The van der Waals surface area contributed by atoms with Gasteiger partial charge in [-0.15, -0.1) is 0 Å². The summed E-state index contributed by atoms with van der Waals surface area (Å²) in [5.41, 5.74) is -0.758. The fraction of sp³-hybridized carbons (Fsp3) is 0.737. The van der Waals surface area contributed by atoms with Gasteiger partial charge < -0.3 is 24.3 Å². The number of hydrogen-bond acceptors (Lipinski definition) is 9. The zero-order chi connectivity index (χ0) is 22.4. The van der Waals surface area contributed by atoms with Crippen molar-refractivity contribution in [1.29, 1.82) is 0 Å². The van der Waals surface area contributed by atoms with Crippen molar-refractivity contribution in [1.82, 2.24) is 5.32 Å². The molecular weight excluding hydrogens is 386 g/mol. The number of alkyl carbamates (subject to hydrolysis) is 1. The van der Waals surface area contributed by atoms with Crippen LogP contribution in [-0.2, 0) is 38.1 Å². The summed E-state index contributed by atoms with van der Waals surface area (Å²) in [6.07, 6.45) is -3.25. The Morgan fingerprint density at radius 1 is 1.00 bits per heavy atom. The molecule has 0 spiro atoms. The predicted molar refractivity (Wildman–Crippen MR) is 98.6 cm³/mol. The Morgan fingerprint density at radius 3 is 2.07 bits per heavy atom. The molecule has 4 atom stereocenters. The summed E-state index contributed by atoms with van der Waals surface area (Å²) < 4.78 is 20.7. The first kappa shape index (κ1) is 24.4. The molecule has 1 aliphatic rings. The molecule has 1 N–H and O–H groups in total.